The maximum Gasteiger partial charge on any atom is 0.124 e. The number of aryl methyl sites for hydroxylation is 1. The lowest BCUT2D eigenvalue weighted by Crippen LogP contribution is -2.11. The second-order valence-electron chi connectivity index (χ2n) is 4.91. The Morgan fingerprint density at radius 1 is 1.43 bits per heavy atom. The van der Waals surface area contributed by atoms with E-state index in [2.05, 4.69) is 12.0 Å². The predicted molar refractivity (Wildman–Crippen MR) is 56.0 cm³/mol. The van der Waals surface area contributed by atoms with Gasteiger partial charge < -0.3 is 5.73 Å². The summed E-state index contributed by atoms with van der Waals surface area (Å²) in [5, 5.41) is 4.60. The van der Waals surface area contributed by atoms with Crippen molar-refractivity contribution in [3.63, 3.8) is 0 Å². The van der Waals surface area contributed by atoms with Crippen LogP contribution in [0, 0.1) is 12.8 Å². The van der Waals surface area contributed by atoms with Gasteiger partial charge in [-0.05, 0) is 38.5 Å². The van der Waals surface area contributed by atoms with E-state index in [-0.39, 0.29) is 0 Å². The van der Waals surface area contributed by atoms with Gasteiger partial charge in [0.15, 0.2) is 0 Å². The highest BCUT2D eigenvalue weighted by molar-refractivity contribution is 5.47. The Morgan fingerprint density at radius 2 is 2.07 bits per heavy atom. The fourth-order valence-corrected chi connectivity index (χ4v) is 2.72. The van der Waals surface area contributed by atoms with E-state index in [1.54, 1.807) is 0 Å². The van der Waals surface area contributed by atoms with Crippen LogP contribution in [0.4, 0.5) is 5.82 Å². The van der Waals surface area contributed by atoms with Crippen LogP contribution < -0.4 is 5.73 Å². The molecule has 0 amide bonds. The van der Waals surface area contributed by atoms with Gasteiger partial charge in [-0.15, -0.1) is 0 Å². The van der Waals surface area contributed by atoms with E-state index in [0.717, 1.165) is 11.7 Å². The lowest BCUT2D eigenvalue weighted by Gasteiger charge is -2.11. The number of nitrogens with two attached hydrogens (primary N) is 1. The zero-order valence-corrected chi connectivity index (χ0v) is 8.88. The van der Waals surface area contributed by atoms with E-state index >= 15 is 0 Å². The molecule has 0 aliphatic heterocycles. The molecule has 1 aromatic heterocycles. The summed E-state index contributed by atoms with van der Waals surface area (Å²) < 4.78 is 1.83. The van der Waals surface area contributed by atoms with E-state index in [1.165, 1.54) is 36.9 Å². The highest BCUT2D eigenvalue weighted by Gasteiger charge is 2.57. The molecule has 0 aromatic carbocycles. The molecule has 2 aliphatic rings. The Hall–Kier alpha value is -0.990. The summed E-state index contributed by atoms with van der Waals surface area (Å²) in [6, 6.07) is 0. The minimum absolute atomic E-state index is 0.444. The third kappa shape index (κ3) is 0.900. The largest absolute Gasteiger partial charge is 0.384 e. The molecule has 2 fully saturated rings. The first-order chi connectivity index (χ1) is 6.65. The molecular formula is C11H17N3. The van der Waals surface area contributed by atoms with E-state index in [4.69, 9.17) is 5.73 Å². The summed E-state index contributed by atoms with van der Waals surface area (Å²) in [5.74, 6) is 1.75. The van der Waals surface area contributed by atoms with Crippen LogP contribution >= 0.6 is 0 Å². The van der Waals surface area contributed by atoms with Crippen molar-refractivity contribution in [2.24, 2.45) is 13.0 Å². The standard InChI is InChI=1S/C11H17N3/c1-7-9(13-14(2)10(7)12)11(5-6-11)8-3-4-8/h8H,3-6,12H2,1-2H3. The fraction of sp³-hybridized carbons (Fsp3) is 0.727. The average Bonchev–Trinajstić information content (AvgIpc) is 3.02. The minimum atomic E-state index is 0.444. The van der Waals surface area contributed by atoms with E-state index < -0.39 is 0 Å². The number of nitrogen functional groups attached to an aromatic ring is 1. The van der Waals surface area contributed by atoms with E-state index in [1.807, 2.05) is 11.7 Å². The van der Waals surface area contributed by atoms with Crippen molar-refractivity contribution in [3.05, 3.63) is 11.3 Å². The molecule has 3 nitrogen and oxygen atoms in total. The maximum absolute atomic E-state index is 5.95. The highest BCUT2D eigenvalue weighted by atomic mass is 15.3. The van der Waals surface area contributed by atoms with Crippen molar-refractivity contribution >= 4 is 5.82 Å². The first kappa shape index (κ1) is 8.33. The second-order valence-corrected chi connectivity index (χ2v) is 4.91. The van der Waals surface area contributed by atoms with Gasteiger partial charge in [-0.3, -0.25) is 4.68 Å². The van der Waals surface area contributed by atoms with Crippen molar-refractivity contribution in [2.45, 2.75) is 38.0 Å². The highest BCUT2D eigenvalue weighted by Crippen LogP contribution is 2.62. The molecule has 3 heteroatoms. The monoisotopic (exact) mass is 191 g/mol. The SMILES string of the molecule is Cc1c(C2(C3CC3)CC2)nn(C)c1N. The number of rotatable bonds is 2. The lowest BCUT2D eigenvalue weighted by molar-refractivity contribution is 0.561. The third-order valence-electron chi connectivity index (χ3n) is 3.96. The smallest absolute Gasteiger partial charge is 0.124 e. The van der Waals surface area contributed by atoms with Crippen LogP contribution in [0.5, 0.6) is 0 Å². The van der Waals surface area contributed by atoms with Crippen LogP contribution in [-0.2, 0) is 12.5 Å². The Labute approximate surface area is 84.3 Å². The molecule has 3 rings (SSSR count). The summed E-state index contributed by atoms with van der Waals surface area (Å²) >= 11 is 0. The summed E-state index contributed by atoms with van der Waals surface area (Å²) in [7, 11) is 1.94. The molecule has 0 spiro atoms. The molecule has 2 N–H and O–H groups in total. The van der Waals surface area contributed by atoms with Gasteiger partial charge in [0.25, 0.3) is 0 Å². The second kappa shape index (κ2) is 2.33. The van der Waals surface area contributed by atoms with Crippen molar-refractivity contribution in [3.8, 4) is 0 Å². The Kier molecular flexibility index (Phi) is 1.38. The Bertz CT molecular complexity index is 383. The van der Waals surface area contributed by atoms with Crippen molar-refractivity contribution in [2.75, 3.05) is 5.73 Å². The Balaban J connectivity index is 2.07. The van der Waals surface area contributed by atoms with Crippen LogP contribution in [0.1, 0.15) is 36.9 Å². The number of hydrogen-bond donors (Lipinski definition) is 1. The van der Waals surface area contributed by atoms with Crippen LogP contribution in [0.2, 0.25) is 0 Å². The summed E-state index contributed by atoms with van der Waals surface area (Å²) in [6.45, 7) is 2.11. The molecule has 2 aliphatic carbocycles. The van der Waals surface area contributed by atoms with Crippen LogP contribution in [0.3, 0.4) is 0 Å². The summed E-state index contributed by atoms with van der Waals surface area (Å²) in [6.07, 6.45) is 5.45. The normalized spacial score (nSPS) is 23.9. The molecule has 0 unspecified atom stereocenters. The topological polar surface area (TPSA) is 43.8 Å². The van der Waals surface area contributed by atoms with Crippen LogP contribution in [0.25, 0.3) is 0 Å². The fourth-order valence-electron chi connectivity index (χ4n) is 2.72. The zero-order valence-electron chi connectivity index (χ0n) is 8.88. The van der Waals surface area contributed by atoms with Gasteiger partial charge >= 0.3 is 0 Å². The molecule has 14 heavy (non-hydrogen) atoms. The Morgan fingerprint density at radius 3 is 2.43 bits per heavy atom. The van der Waals surface area contributed by atoms with Crippen molar-refractivity contribution in [1.29, 1.82) is 0 Å². The van der Waals surface area contributed by atoms with Crippen LogP contribution in [-0.4, -0.2) is 9.78 Å². The maximum atomic E-state index is 5.95. The minimum Gasteiger partial charge on any atom is -0.384 e. The lowest BCUT2D eigenvalue weighted by atomic mass is 9.93. The molecule has 0 atom stereocenters. The molecule has 0 saturated heterocycles. The van der Waals surface area contributed by atoms with Crippen molar-refractivity contribution in [1.82, 2.24) is 9.78 Å². The number of hydrogen-bond acceptors (Lipinski definition) is 2. The molecule has 0 radical (unpaired) electrons. The molecule has 1 aromatic rings. The molecule has 76 valence electrons. The third-order valence-corrected chi connectivity index (χ3v) is 3.96. The summed E-state index contributed by atoms with van der Waals surface area (Å²) in [5.41, 5.74) is 8.90. The zero-order chi connectivity index (χ0) is 9.92. The van der Waals surface area contributed by atoms with Gasteiger partial charge in [-0.1, -0.05) is 0 Å². The quantitative estimate of drug-likeness (QED) is 0.774. The van der Waals surface area contributed by atoms with Gasteiger partial charge in [0, 0.05) is 18.0 Å². The molecular weight excluding hydrogens is 174 g/mol. The average molecular weight is 191 g/mol. The first-order valence-electron chi connectivity index (χ1n) is 5.45. The van der Waals surface area contributed by atoms with E-state index in [0.29, 0.717) is 5.41 Å². The first-order valence-corrected chi connectivity index (χ1v) is 5.45. The van der Waals surface area contributed by atoms with Crippen molar-refractivity contribution < 1.29 is 0 Å². The predicted octanol–water partition coefficient (Wildman–Crippen LogP) is 1.75. The van der Waals surface area contributed by atoms with Gasteiger partial charge in [-0.25, -0.2) is 0 Å². The number of aromatic nitrogens is 2. The number of nitrogens with zero attached hydrogens (tertiary/aromatic N) is 2. The molecule has 0 bridgehead atoms. The van der Waals surface area contributed by atoms with Crippen LogP contribution in [0.15, 0.2) is 0 Å². The van der Waals surface area contributed by atoms with Gasteiger partial charge in [0.1, 0.15) is 5.82 Å². The molecule has 1 heterocycles. The van der Waals surface area contributed by atoms with Gasteiger partial charge in [-0.2, -0.15) is 5.10 Å². The van der Waals surface area contributed by atoms with E-state index in [9.17, 15) is 0 Å². The summed E-state index contributed by atoms with van der Waals surface area (Å²) in [4.78, 5) is 0. The van der Waals surface area contributed by atoms with Gasteiger partial charge in [0.2, 0.25) is 0 Å². The molecule has 2 saturated carbocycles. The number of anilines is 1. The van der Waals surface area contributed by atoms with Gasteiger partial charge in [0.05, 0.1) is 5.69 Å².